The van der Waals surface area contributed by atoms with Crippen LogP contribution in [-0.2, 0) is 4.79 Å². The van der Waals surface area contributed by atoms with Gasteiger partial charge in [0.15, 0.2) is 0 Å². The van der Waals surface area contributed by atoms with Crippen molar-refractivity contribution >= 4 is 29.9 Å². The van der Waals surface area contributed by atoms with Crippen molar-refractivity contribution in [2.24, 2.45) is 17.4 Å². The highest BCUT2D eigenvalue weighted by Gasteiger charge is 2.17. The molecule has 5 nitrogen and oxygen atoms in total. The highest BCUT2D eigenvalue weighted by Crippen LogP contribution is 2.15. The van der Waals surface area contributed by atoms with Crippen LogP contribution in [0.25, 0.3) is 0 Å². The maximum Gasteiger partial charge on any atom is 0.248 e. The average molecular weight is 286 g/mol. The third-order valence-corrected chi connectivity index (χ3v) is 2.78. The highest BCUT2D eigenvalue weighted by molar-refractivity contribution is 5.97. The molecule has 0 aliphatic rings. The lowest BCUT2D eigenvalue weighted by molar-refractivity contribution is -0.118. The Morgan fingerprint density at radius 1 is 1.26 bits per heavy atom. The van der Waals surface area contributed by atoms with Gasteiger partial charge in [0.25, 0.3) is 0 Å². The van der Waals surface area contributed by atoms with E-state index >= 15 is 0 Å². The van der Waals surface area contributed by atoms with E-state index in [0.29, 0.717) is 11.3 Å². The van der Waals surface area contributed by atoms with Gasteiger partial charge in [0.1, 0.15) is 0 Å². The van der Waals surface area contributed by atoms with Crippen LogP contribution in [0.4, 0.5) is 5.69 Å². The Kier molecular flexibility index (Phi) is 6.52. The Hall–Kier alpha value is -1.59. The molecule has 1 aromatic carbocycles. The first-order valence-electron chi connectivity index (χ1n) is 5.79. The number of carbonyl (C=O) groups is 2. The zero-order chi connectivity index (χ0) is 13.9. The van der Waals surface area contributed by atoms with Crippen LogP contribution >= 0.6 is 12.4 Å². The maximum absolute atomic E-state index is 11.8. The lowest BCUT2D eigenvalue weighted by Gasteiger charge is -2.15. The number of halogens is 1. The van der Waals surface area contributed by atoms with Crippen molar-refractivity contribution in [2.45, 2.75) is 26.8 Å². The first-order chi connectivity index (χ1) is 8.32. The van der Waals surface area contributed by atoms with Crippen LogP contribution in [0.15, 0.2) is 18.2 Å². The van der Waals surface area contributed by atoms with Crippen LogP contribution < -0.4 is 16.8 Å². The number of hydrogen-bond acceptors (Lipinski definition) is 3. The van der Waals surface area contributed by atoms with E-state index < -0.39 is 11.9 Å². The number of aryl methyl sites for hydroxylation is 1. The first kappa shape index (κ1) is 17.4. The molecule has 106 valence electrons. The van der Waals surface area contributed by atoms with Gasteiger partial charge >= 0.3 is 0 Å². The molecular weight excluding hydrogens is 266 g/mol. The molecular formula is C13H20ClN3O2. The van der Waals surface area contributed by atoms with Crippen molar-refractivity contribution in [1.29, 1.82) is 0 Å². The van der Waals surface area contributed by atoms with Gasteiger partial charge in [0.2, 0.25) is 11.8 Å². The third kappa shape index (κ3) is 4.54. The molecule has 5 N–H and O–H groups in total. The maximum atomic E-state index is 11.8. The Balaban J connectivity index is 0.00000324. The number of primary amides is 1. The summed E-state index contributed by atoms with van der Waals surface area (Å²) in [7, 11) is 0. The van der Waals surface area contributed by atoms with Crippen LogP contribution in [0.3, 0.4) is 0 Å². The first-order valence-corrected chi connectivity index (χ1v) is 5.79. The van der Waals surface area contributed by atoms with Crippen LogP contribution in [0, 0.1) is 12.8 Å². The summed E-state index contributed by atoms with van der Waals surface area (Å²) in [5.74, 6) is -0.656. The van der Waals surface area contributed by atoms with E-state index in [2.05, 4.69) is 5.32 Å². The monoisotopic (exact) mass is 285 g/mol. The van der Waals surface area contributed by atoms with E-state index in [4.69, 9.17) is 11.5 Å². The minimum Gasteiger partial charge on any atom is -0.366 e. The second kappa shape index (κ2) is 7.11. The van der Waals surface area contributed by atoms with Gasteiger partial charge in [0, 0.05) is 11.3 Å². The van der Waals surface area contributed by atoms with Gasteiger partial charge in [-0.3, -0.25) is 9.59 Å². The number of rotatable bonds is 4. The van der Waals surface area contributed by atoms with Crippen molar-refractivity contribution < 1.29 is 9.59 Å². The van der Waals surface area contributed by atoms with Crippen LogP contribution in [0.2, 0.25) is 0 Å². The lowest BCUT2D eigenvalue weighted by atomic mass is 10.0. The topological polar surface area (TPSA) is 98.2 Å². The number of anilines is 1. The summed E-state index contributed by atoms with van der Waals surface area (Å²) in [5, 5.41) is 2.71. The largest absolute Gasteiger partial charge is 0.366 e. The lowest BCUT2D eigenvalue weighted by Crippen LogP contribution is -2.39. The Morgan fingerprint density at radius 3 is 2.26 bits per heavy atom. The molecule has 0 aliphatic heterocycles. The van der Waals surface area contributed by atoms with E-state index in [1.54, 1.807) is 25.1 Å². The summed E-state index contributed by atoms with van der Waals surface area (Å²) in [6, 6.07) is 4.37. The predicted octanol–water partition coefficient (Wildman–Crippen LogP) is 1.44. The third-order valence-electron chi connectivity index (χ3n) is 2.78. The van der Waals surface area contributed by atoms with Gasteiger partial charge in [0.05, 0.1) is 6.04 Å². The van der Waals surface area contributed by atoms with Crippen molar-refractivity contribution in [3.63, 3.8) is 0 Å². The fourth-order valence-electron chi connectivity index (χ4n) is 1.55. The second-order valence-corrected chi connectivity index (χ2v) is 4.65. The Morgan fingerprint density at radius 2 is 1.84 bits per heavy atom. The second-order valence-electron chi connectivity index (χ2n) is 4.65. The molecule has 0 bridgehead atoms. The number of nitrogens with one attached hydrogen (secondary N) is 1. The smallest absolute Gasteiger partial charge is 0.248 e. The molecule has 1 atom stereocenters. The van der Waals surface area contributed by atoms with E-state index in [-0.39, 0.29) is 24.2 Å². The fourth-order valence-corrected chi connectivity index (χ4v) is 1.55. The van der Waals surface area contributed by atoms with E-state index in [0.717, 1.165) is 5.56 Å². The highest BCUT2D eigenvalue weighted by atomic mass is 35.5. The van der Waals surface area contributed by atoms with Gasteiger partial charge < -0.3 is 16.8 Å². The Labute approximate surface area is 119 Å². The zero-order valence-corrected chi connectivity index (χ0v) is 12.1. The quantitative estimate of drug-likeness (QED) is 0.780. The average Bonchev–Trinajstić information content (AvgIpc) is 2.27. The molecule has 0 spiro atoms. The summed E-state index contributed by atoms with van der Waals surface area (Å²) >= 11 is 0. The molecule has 0 aromatic heterocycles. The van der Waals surface area contributed by atoms with Crippen LogP contribution in [0.1, 0.15) is 29.8 Å². The molecule has 6 heteroatoms. The molecule has 1 aromatic rings. The van der Waals surface area contributed by atoms with Crippen molar-refractivity contribution in [1.82, 2.24) is 0 Å². The van der Waals surface area contributed by atoms with E-state index in [1.807, 2.05) is 13.8 Å². The molecule has 0 saturated carbocycles. The van der Waals surface area contributed by atoms with Gasteiger partial charge in [-0.1, -0.05) is 13.8 Å². The Bertz CT molecular complexity index is 475. The van der Waals surface area contributed by atoms with Crippen LogP contribution in [0.5, 0.6) is 0 Å². The summed E-state index contributed by atoms with van der Waals surface area (Å²) in [6.45, 7) is 5.52. The molecule has 2 amide bonds. The van der Waals surface area contributed by atoms with E-state index in [9.17, 15) is 9.59 Å². The van der Waals surface area contributed by atoms with Gasteiger partial charge in [-0.05, 0) is 36.6 Å². The van der Waals surface area contributed by atoms with Crippen LogP contribution in [-0.4, -0.2) is 17.9 Å². The molecule has 19 heavy (non-hydrogen) atoms. The predicted molar refractivity (Wildman–Crippen MR) is 78.4 cm³/mol. The number of nitrogens with two attached hydrogens (primary N) is 2. The normalized spacial score (nSPS) is 11.6. The number of benzene rings is 1. The molecule has 1 rings (SSSR count). The summed E-state index contributed by atoms with van der Waals surface area (Å²) in [5.41, 5.74) is 12.7. The molecule has 0 radical (unpaired) electrons. The zero-order valence-electron chi connectivity index (χ0n) is 11.3. The molecule has 0 unspecified atom stereocenters. The number of amides is 2. The molecule has 0 fully saturated rings. The summed E-state index contributed by atoms with van der Waals surface area (Å²) < 4.78 is 0. The van der Waals surface area contributed by atoms with Crippen molar-refractivity contribution in [3.05, 3.63) is 29.3 Å². The van der Waals surface area contributed by atoms with Crippen molar-refractivity contribution in [2.75, 3.05) is 5.32 Å². The SMILES string of the molecule is Cc1cc(NC(=O)[C@@H](N)C(C)C)ccc1C(N)=O.Cl. The molecule has 0 saturated heterocycles. The summed E-state index contributed by atoms with van der Waals surface area (Å²) in [6.07, 6.45) is 0. The minimum atomic E-state index is -0.555. The molecule has 0 heterocycles. The van der Waals surface area contributed by atoms with Gasteiger partial charge in [-0.15, -0.1) is 12.4 Å². The van der Waals surface area contributed by atoms with Crippen molar-refractivity contribution in [3.8, 4) is 0 Å². The fraction of sp³-hybridized carbons (Fsp3) is 0.385. The molecule has 0 aliphatic carbocycles. The minimum absolute atomic E-state index is 0. The van der Waals surface area contributed by atoms with E-state index in [1.165, 1.54) is 0 Å². The standard InChI is InChI=1S/C13H19N3O2.ClH/c1-7(2)11(14)13(18)16-9-4-5-10(12(15)17)8(3)6-9;/h4-7,11H,14H2,1-3H3,(H2,15,17)(H,16,18);1H/t11-;/m0./s1. The van der Waals surface area contributed by atoms with Gasteiger partial charge in [-0.2, -0.15) is 0 Å². The number of hydrogen-bond donors (Lipinski definition) is 3. The summed E-state index contributed by atoms with van der Waals surface area (Å²) in [4.78, 5) is 22.8. The number of carbonyl (C=O) groups excluding carboxylic acids is 2. The van der Waals surface area contributed by atoms with Gasteiger partial charge in [-0.25, -0.2) is 0 Å².